The lowest BCUT2D eigenvalue weighted by Gasteiger charge is -2.16. The van der Waals surface area contributed by atoms with Gasteiger partial charge in [0.25, 0.3) is 0 Å². The number of aromatic nitrogens is 1. The molecule has 0 N–H and O–H groups in total. The van der Waals surface area contributed by atoms with Gasteiger partial charge >= 0.3 is 5.63 Å². The van der Waals surface area contributed by atoms with Crippen LogP contribution in [0.1, 0.15) is 46.9 Å². The van der Waals surface area contributed by atoms with Crippen molar-refractivity contribution in [3.63, 3.8) is 0 Å². The lowest BCUT2D eigenvalue weighted by atomic mass is 10.0. The van der Waals surface area contributed by atoms with Crippen molar-refractivity contribution >= 4 is 11.0 Å². The molecule has 0 saturated heterocycles. The van der Waals surface area contributed by atoms with Gasteiger partial charge in [-0.2, -0.15) is 0 Å². The number of benzene rings is 1. The Labute approximate surface area is 146 Å². The minimum Gasteiger partial charge on any atom is -0.422 e. The third-order valence-corrected chi connectivity index (χ3v) is 4.69. The van der Waals surface area contributed by atoms with Crippen LogP contribution in [0.15, 0.2) is 38.0 Å². The van der Waals surface area contributed by atoms with Gasteiger partial charge < -0.3 is 8.94 Å². The zero-order chi connectivity index (χ0) is 17.6. The Morgan fingerprint density at radius 1 is 1.16 bits per heavy atom. The smallest absolute Gasteiger partial charge is 0.336 e. The first-order valence-electron chi connectivity index (χ1n) is 8.67. The highest BCUT2D eigenvalue weighted by molar-refractivity contribution is 5.83. The molecule has 1 aromatic carbocycles. The molecule has 1 aliphatic rings. The van der Waals surface area contributed by atoms with E-state index in [1.165, 1.54) is 12.8 Å². The third kappa shape index (κ3) is 3.37. The van der Waals surface area contributed by atoms with Crippen molar-refractivity contribution in [1.29, 1.82) is 0 Å². The molecule has 0 bridgehead atoms. The normalized spacial score (nSPS) is 14.6. The molecule has 0 spiro atoms. The van der Waals surface area contributed by atoms with Gasteiger partial charge in [0.1, 0.15) is 11.3 Å². The van der Waals surface area contributed by atoms with E-state index >= 15 is 0 Å². The molecule has 0 amide bonds. The van der Waals surface area contributed by atoms with E-state index in [4.69, 9.17) is 8.94 Å². The highest BCUT2D eigenvalue weighted by atomic mass is 16.5. The molecule has 5 nitrogen and oxygen atoms in total. The van der Waals surface area contributed by atoms with Crippen molar-refractivity contribution in [1.82, 2.24) is 10.1 Å². The zero-order valence-corrected chi connectivity index (χ0v) is 14.8. The van der Waals surface area contributed by atoms with Gasteiger partial charge in [0.15, 0.2) is 0 Å². The SMILES string of the molecule is Cc1cc(C)c2oc(=O)cc(CN(C)Cc3cc(C4CC4)on3)c2c1. The molecular formula is C20H22N2O3. The maximum Gasteiger partial charge on any atom is 0.336 e. The van der Waals surface area contributed by atoms with Crippen LogP contribution in [0.3, 0.4) is 0 Å². The quantitative estimate of drug-likeness (QED) is 0.660. The Morgan fingerprint density at radius 2 is 1.96 bits per heavy atom. The molecule has 1 aliphatic carbocycles. The average Bonchev–Trinajstić information content (AvgIpc) is 3.29. The van der Waals surface area contributed by atoms with Gasteiger partial charge in [-0.05, 0) is 56.5 Å². The molecule has 0 atom stereocenters. The van der Waals surface area contributed by atoms with E-state index in [0.717, 1.165) is 33.5 Å². The first-order valence-corrected chi connectivity index (χ1v) is 8.67. The molecule has 5 heteroatoms. The van der Waals surface area contributed by atoms with Crippen LogP contribution in [0.4, 0.5) is 0 Å². The summed E-state index contributed by atoms with van der Waals surface area (Å²) in [5, 5.41) is 5.17. The highest BCUT2D eigenvalue weighted by Crippen LogP contribution is 2.40. The molecule has 25 heavy (non-hydrogen) atoms. The van der Waals surface area contributed by atoms with E-state index in [0.29, 0.717) is 24.6 Å². The molecule has 1 saturated carbocycles. The minimum atomic E-state index is -0.305. The number of fused-ring (bicyclic) bond motifs is 1. The van der Waals surface area contributed by atoms with Crippen molar-refractivity contribution in [2.45, 2.75) is 45.7 Å². The summed E-state index contributed by atoms with van der Waals surface area (Å²) in [5.74, 6) is 1.57. The largest absolute Gasteiger partial charge is 0.422 e. The summed E-state index contributed by atoms with van der Waals surface area (Å²) in [6.45, 7) is 5.36. The summed E-state index contributed by atoms with van der Waals surface area (Å²) in [4.78, 5) is 14.1. The summed E-state index contributed by atoms with van der Waals surface area (Å²) in [7, 11) is 2.02. The second-order valence-corrected chi connectivity index (χ2v) is 7.22. The number of hydrogen-bond acceptors (Lipinski definition) is 5. The van der Waals surface area contributed by atoms with Gasteiger partial charge in [-0.25, -0.2) is 4.79 Å². The molecule has 0 radical (unpaired) electrons. The molecular weight excluding hydrogens is 316 g/mol. The molecule has 130 valence electrons. The molecule has 0 unspecified atom stereocenters. The summed E-state index contributed by atoms with van der Waals surface area (Å²) >= 11 is 0. The van der Waals surface area contributed by atoms with Crippen molar-refractivity contribution < 1.29 is 8.94 Å². The van der Waals surface area contributed by atoms with Crippen LogP contribution in [-0.4, -0.2) is 17.1 Å². The van der Waals surface area contributed by atoms with E-state index in [9.17, 15) is 4.79 Å². The van der Waals surface area contributed by atoms with Gasteiger partial charge in [0, 0.05) is 36.5 Å². The van der Waals surface area contributed by atoms with Crippen molar-refractivity contribution in [3.8, 4) is 0 Å². The van der Waals surface area contributed by atoms with Gasteiger partial charge in [0.05, 0.1) is 5.69 Å². The van der Waals surface area contributed by atoms with Gasteiger partial charge in [0.2, 0.25) is 0 Å². The molecule has 3 aromatic rings. The second kappa shape index (κ2) is 6.15. The Hall–Kier alpha value is -2.40. The monoisotopic (exact) mass is 338 g/mol. The fraction of sp³-hybridized carbons (Fsp3) is 0.400. The fourth-order valence-electron chi connectivity index (χ4n) is 3.40. The Bertz CT molecular complexity index is 982. The number of nitrogens with zero attached hydrogens (tertiary/aromatic N) is 2. The lowest BCUT2D eigenvalue weighted by molar-refractivity contribution is 0.301. The van der Waals surface area contributed by atoms with Crippen molar-refractivity contribution in [3.05, 3.63) is 62.8 Å². The lowest BCUT2D eigenvalue weighted by Crippen LogP contribution is -2.18. The predicted octanol–water partition coefficient (Wildman–Crippen LogP) is 3.91. The predicted molar refractivity (Wildman–Crippen MR) is 95.6 cm³/mol. The zero-order valence-electron chi connectivity index (χ0n) is 14.8. The van der Waals surface area contributed by atoms with Crippen LogP contribution in [0.5, 0.6) is 0 Å². The van der Waals surface area contributed by atoms with E-state index in [1.54, 1.807) is 6.07 Å². The summed E-state index contributed by atoms with van der Waals surface area (Å²) in [6.07, 6.45) is 2.41. The Balaban J connectivity index is 1.59. The highest BCUT2D eigenvalue weighted by Gasteiger charge is 2.27. The van der Waals surface area contributed by atoms with Crippen LogP contribution in [0.25, 0.3) is 11.0 Å². The number of hydrogen-bond donors (Lipinski definition) is 0. The van der Waals surface area contributed by atoms with Crippen molar-refractivity contribution in [2.24, 2.45) is 0 Å². The summed E-state index contributed by atoms with van der Waals surface area (Å²) in [6, 6.07) is 7.76. The maximum atomic E-state index is 12.0. The number of rotatable bonds is 5. The standard InChI is InChI=1S/C20H22N2O3/c1-12-6-13(2)20-17(7-12)15(8-19(23)24-20)10-22(3)11-16-9-18(25-21-16)14-4-5-14/h6-9,14H,4-5,10-11H2,1-3H3. The van der Waals surface area contributed by atoms with E-state index in [-0.39, 0.29) is 5.63 Å². The molecule has 1 fully saturated rings. The fourth-order valence-corrected chi connectivity index (χ4v) is 3.40. The maximum absolute atomic E-state index is 12.0. The molecule has 2 aromatic heterocycles. The molecule has 2 heterocycles. The van der Waals surface area contributed by atoms with Crippen LogP contribution in [0, 0.1) is 13.8 Å². The minimum absolute atomic E-state index is 0.305. The summed E-state index contributed by atoms with van der Waals surface area (Å²) in [5.41, 5.74) is 4.44. The van der Waals surface area contributed by atoms with Gasteiger partial charge in [-0.3, -0.25) is 4.90 Å². The third-order valence-electron chi connectivity index (χ3n) is 4.69. The van der Waals surface area contributed by atoms with E-state index in [2.05, 4.69) is 29.1 Å². The first kappa shape index (κ1) is 16.1. The van der Waals surface area contributed by atoms with Crippen LogP contribution in [-0.2, 0) is 13.1 Å². The molecule has 4 rings (SSSR count). The van der Waals surface area contributed by atoms with Crippen LogP contribution in [0.2, 0.25) is 0 Å². The van der Waals surface area contributed by atoms with E-state index < -0.39 is 0 Å². The summed E-state index contributed by atoms with van der Waals surface area (Å²) < 4.78 is 10.8. The van der Waals surface area contributed by atoms with Gasteiger partial charge in [-0.1, -0.05) is 11.2 Å². The Morgan fingerprint density at radius 3 is 2.72 bits per heavy atom. The van der Waals surface area contributed by atoms with Crippen LogP contribution >= 0.6 is 0 Å². The van der Waals surface area contributed by atoms with Crippen molar-refractivity contribution in [2.75, 3.05) is 7.05 Å². The second-order valence-electron chi connectivity index (χ2n) is 7.22. The van der Waals surface area contributed by atoms with Gasteiger partial charge in [-0.15, -0.1) is 0 Å². The first-order chi connectivity index (χ1) is 12.0. The Kier molecular flexibility index (Phi) is 3.96. The number of aryl methyl sites for hydroxylation is 2. The van der Waals surface area contributed by atoms with E-state index in [1.807, 2.05) is 20.0 Å². The average molecular weight is 338 g/mol. The topological polar surface area (TPSA) is 59.5 Å². The van der Waals surface area contributed by atoms with Crippen LogP contribution < -0.4 is 5.63 Å². The molecule has 0 aliphatic heterocycles.